The van der Waals surface area contributed by atoms with E-state index < -0.39 is 0 Å². The van der Waals surface area contributed by atoms with Gasteiger partial charge in [-0.25, -0.2) is 14.2 Å². The predicted octanol–water partition coefficient (Wildman–Crippen LogP) is 4.04. The van der Waals surface area contributed by atoms with Crippen LogP contribution in [0.1, 0.15) is 41.6 Å². The Morgan fingerprint density at radius 1 is 1.15 bits per heavy atom. The number of hydrogen-bond donors (Lipinski definition) is 0. The van der Waals surface area contributed by atoms with Gasteiger partial charge in [-0.05, 0) is 42.2 Å². The van der Waals surface area contributed by atoms with Crippen LogP contribution in [0.3, 0.4) is 0 Å². The highest BCUT2D eigenvalue weighted by Crippen LogP contribution is 2.34. The van der Waals surface area contributed by atoms with E-state index in [4.69, 9.17) is 0 Å². The Balaban J connectivity index is 1.42. The van der Waals surface area contributed by atoms with Crippen LogP contribution in [-0.4, -0.2) is 34.8 Å². The van der Waals surface area contributed by atoms with Crippen LogP contribution in [0.15, 0.2) is 42.6 Å². The topological polar surface area (TPSA) is 53.5 Å². The highest BCUT2D eigenvalue weighted by molar-refractivity contribution is 5.98. The first kappa shape index (κ1) is 17.6. The van der Waals surface area contributed by atoms with Gasteiger partial charge in [-0.15, -0.1) is 0 Å². The maximum absolute atomic E-state index is 13.0. The molecule has 27 heavy (non-hydrogen) atoms. The van der Waals surface area contributed by atoms with E-state index in [1.54, 1.807) is 40.3 Å². The highest BCUT2D eigenvalue weighted by atomic mass is 19.1. The molecule has 1 aromatic carbocycles. The van der Waals surface area contributed by atoms with Crippen LogP contribution < -0.4 is 4.90 Å². The van der Waals surface area contributed by atoms with E-state index in [1.807, 2.05) is 0 Å². The number of anilines is 1. The fourth-order valence-electron chi connectivity index (χ4n) is 3.38. The quantitative estimate of drug-likeness (QED) is 0.694. The standard InChI is InChI=1S/C21H22FN3O2/c22-18-6-3-16(4-7-18)14-24-11-12-25(21(24)27)20-13-17(9-10-23-20)19(26)8-5-15-1-2-15/h3-4,6-7,9-10,13,15H,1-2,5,8,11-12,14H2. The van der Waals surface area contributed by atoms with Gasteiger partial charge in [-0.2, -0.15) is 0 Å². The Hall–Kier alpha value is -2.76. The molecule has 0 N–H and O–H groups in total. The van der Waals surface area contributed by atoms with Crippen molar-refractivity contribution in [3.8, 4) is 0 Å². The van der Waals surface area contributed by atoms with Crippen molar-refractivity contribution in [2.24, 2.45) is 5.92 Å². The van der Waals surface area contributed by atoms with Gasteiger partial charge in [-0.3, -0.25) is 9.69 Å². The molecule has 1 aliphatic carbocycles. The molecule has 2 aromatic rings. The number of urea groups is 1. The lowest BCUT2D eigenvalue weighted by atomic mass is 10.1. The summed E-state index contributed by atoms with van der Waals surface area (Å²) < 4.78 is 13.0. The summed E-state index contributed by atoms with van der Waals surface area (Å²) in [6.45, 7) is 1.51. The molecule has 0 bridgehead atoms. The van der Waals surface area contributed by atoms with Crippen LogP contribution in [0.25, 0.3) is 0 Å². The number of benzene rings is 1. The summed E-state index contributed by atoms with van der Waals surface area (Å²) in [7, 11) is 0. The summed E-state index contributed by atoms with van der Waals surface area (Å²) in [4.78, 5) is 32.7. The molecular weight excluding hydrogens is 345 g/mol. The number of Topliss-reactive ketones (excluding diaryl/α,β-unsaturated/α-hetero) is 1. The molecule has 6 heteroatoms. The fourth-order valence-corrected chi connectivity index (χ4v) is 3.38. The van der Waals surface area contributed by atoms with E-state index in [0.29, 0.717) is 37.4 Å². The second-order valence-electron chi connectivity index (χ2n) is 7.29. The van der Waals surface area contributed by atoms with E-state index in [1.165, 1.54) is 25.0 Å². The summed E-state index contributed by atoms with van der Waals surface area (Å²) in [6.07, 6.45) is 5.57. The number of amides is 2. The van der Waals surface area contributed by atoms with Crippen LogP contribution in [0.2, 0.25) is 0 Å². The van der Waals surface area contributed by atoms with E-state index in [9.17, 15) is 14.0 Å². The third-order valence-electron chi connectivity index (χ3n) is 5.20. The van der Waals surface area contributed by atoms with Gasteiger partial charge in [0.15, 0.2) is 5.78 Å². The van der Waals surface area contributed by atoms with Crippen molar-refractivity contribution >= 4 is 17.6 Å². The molecule has 0 unspecified atom stereocenters. The Morgan fingerprint density at radius 2 is 1.93 bits per heavy atom. The van der Waals surface area contributed by atoms with Gasteiger partial charge in [-0.1, -0.05) is 25.0 Å². The Morgan fingerprint density at radius 3 is 2.67 bits per heavy atom. The lowest BCUT2D eigenvalue weighted by Gasteiger charge is -2.18. The first-order valence-electron chi connectivity index (χ1n) is 9.40. The predicted molar refractivity (Wildman–Crippen MR) is 100 cm³/mol. The largest absolute Gasteiger partial charge is 0.326 e. The number of aromatic nitrogens is 1. The second-order valence-corrected chi connectivity index (χ2v) is 7.29. The normalized spacial score (nSPS) is 16.9. The van der Waals surface area contributed by atoms with E-state index in [0.717, 1.165) is 17.9 Å². The van der Waals surface area contributed by atoms with Gasteiger partial charge < -0.3 is 4.90 Å². The van der Waals surface area contributed by atoms with Crippen LogP contribution in [0, 0.1) is 11.7 Å². The van der Waals surface area contributed by atoms with Gasteiger partial charge in [0.1, 0.15) is 11.6 Å². The summed E-state index contributed by atoms with van der Waals surface area (Å²) in [5, 5.41) is 0. The molecule has 140 valence electrons. The molecule has 1 saturated heterocycles. The molecule has 2 amide bonds. The average Bonchev–Trinajstić information content (AvgIpc) is 3.45. The summed E-state index contributed by atoms with van der Waals surface area (Å²) in [5.74, 6) is 1.05. The number of halogens is 1. The maximum atomic E-state index is 13.0. The zero-order chi connectivity index (χ0) is 18.8. The molecule has 1 aliphatic heterocycles. The SMILES string of the molecule is O=C(CCC1CC1)c1ccnc(N2CCN(Cc3ccc(F)cc3)C2=O)c1. The number of ketones is 1. The summed E-state index contributed by atoms with van der Waals surface area (Å²) in [5.41, 5.74) is 1.49. The minimum absolute atomic E-state index is 0.111. The number of rotatable bonds is 7. The van der Waals surface area contributed by atoms with E-state index >= 15 is 0 Å². The van der Waals surface area contributed by atoms with E-state index in [2.05, 4.69) is 4.98 Å². The Labute approximate surface area is 157 Å². The number of nitrogens with zero attached hydrogens (tertiary/aromatic N) is 3. The first-order valence-corrected chi connectivity index (χ1v) is 9.40. The molecule has 1 saturated carbocycles. The maximum Gasteiger partial charge on any atom is 0.326 e. The van der Waals surface area contributed by atoms with Crippen LogP contribution in [0.5, 0.6) is 0 Å². The Bertz CT molecular complexity index is 849. The molecule has 2 fully saturated rings. The monoisotopic (exact) mass is 367 g/mol. The van der Waals surface area contributed by atoms with Crippen LogP contribution >= 0.6 is 0 Å². The third kappa shape index (κ3) is 4.15. The zero-order valence-corrected chi connectivity index (χ0v) is 15.1. The lowest BCUT2D eigenvalue weighted by molar-refractivity contribution is 0.0978. The molecule has 1 aromatic heterocycles. The fraction of sp³-hybridized carbons (Fsp3) is 0.381. The van der Waals surface area contributed by atoms with Gasteiger partial charge in [0.25, 0.3) is 0 Å². The summed E-state index contributed by atoms with van der Waals surface area (Å²) in [6, 6.07) is 9.45. The second kappa shape index (κ2) is 7.47. The minimum atomic E-state index is -0.291. The van der Waals surface area contributed by atoms with Crippen molar-refractivity contribution in [3.63, 3.8) is 0 Å². The lowest BCUT2D eigenvalue weighted by Crippen LogP contribution is -2.32. The number of carbonyl (C=O) groups excluding carboxylic acids is 2. The zero-order valence-electron chi connectivity index (χ0n) is 15.1. The number of pyridine rings is 1. The Kier molecular flexibility index (Phi) is 4.88. The van der Waals surface area contributed by atoms with Crippen molar-refractivity contribution in [1.29, 1.82) is 0 Å². The van der Waals surface area contributed by atoms with Crippen molar-refractivity contribution in [2.75, 3.05) is 18.0 Å². The van der Waals surface area contributed by atoms with Crippen molar-refractivity contribution in [3.05, 3.63) is 59.5 Å². The first-order chi connectivity index (χ1) is 13.1. The molecule has 4 rings (SSSR count). The van der Waals surface area contributed by atoms with Crippen molar-refractivity contribution in [2.45, 2.75) is 32.2 Å². The molecule has 0 atom stereocenters. The van der Waals surface area contributed by atoms with Gasteiger partial charge >= 0.3 is 6.03 Å². The van der Waals surface area contributed by atoms with Crippen molar-refractivity contribution < 1.29 is 14.0 Å². The average molecular weight is 367 g/mol. The van der Waals surface area contributed by atoms with Crippen molar-refractivity contribution in [1.82, 2.24) is 9.88 Å². The summed E-state index contributed by atoms with van der Waals surface area (Å²) >= 11 is 0. The highest BCUT2D eigenvalue weighted by Gasteiger charge is 2.30. The van der Waals surface area contributed by atoms with Gasteiger partial charge in [0.05, 0.1) is 0 Å². The number of hydrogen-bond acceptors (Lipinski definition) is 3. The third-order valence-corrected chi connectivity index (χ3v) is 5.20. The van der Waals surface area contributed by atoms with Gasteiger partial charge in [0.2, 0.25) is 0 Å². The molecule has 2 heterocycles. The molecule has 0 radical (unpaired) electrons. The molecular formula is C21H22FN3O2. The molecule has 2 aliphatic rings. The van der Waals surface area contributed by atoms with Crippen LogP contribution in [0.4, 0.5) is 15.0 Å². The molecule has 5 nitrogen and oxygen atoms in total. The minimum Gasteiger partial charge on any atom is -0.318 e. The smallest absolute Gasteiger partial charge is 0.318 e. The number of carbonyl (C=O) groups is 2. The van der Waals surface area contributed by atoms with E-state index in [-0.39, 0.29) is 17.6 Å². The van der Waals surface area contributed by atoms with Gasteiger partial charge in [0, 0.05) is 37.8 Å². The molecule has 0 spiro atoms. The van der Waals surface area contributed by atoms with Crippen LogP contribution in [-0.2, 0) is 6.54 Å².